The van der Waals surface area contributed by atoms with Gasteiger partial charge in [-0.2, -0.15) is 0 Å². The van der Waals surface area contributed by atoms with Gasteiger partial charge in [0.2, 0.25) is 0 Å². The number of nitrogens with zero attached hydrogens (tertiary/aromatic N) is 3. The van der Waals surface area contributed by atoms with Crippen LogP contribution in [0.4, 0.5) is 5.69 Å². The first-order chi connectivity index (χ1) is 31.6. The van der Waals surface area contributed by atoms with Crippen LogP contribution in [-0.4, -0.2) is 23.1 Å². The summed E-state index contributed by atoms with van der Waals surface area (Å²) in [5.41, 5.74) is 10.1. The molecular weight excluding hydrogens is 791 g/mol. The van der Waals surface area contributed by atoms with Crippen molar-refractivity contribution in [3.05, 3.63) is 239 Å². The van der Waals surface area contributed by atoms with Crippen molar-refractivity contribution in [2.24, 2.45) is 0 Å². The van der Waals surface area contributed by atoms with Crippen LogP contribution < -0.4 is 25.8 Å². The molecule has 0 amide bonds. The first-order valence-electron chi connectivity index (χ1n) is 22.8. The minimum Gasteiger partial charge on any atom is -0.338 e. The van der Waals surface area contributed by atoms with E-state index in [1.165, 1.54) is 76.8 Å². The summed E-state index contributed by atoms with van der Waals surface area (Å²) in [7, 11) is -2.55. The van der Waals surface area contributed by atoms with Crippen molar-refractivity contribution in [3.63, 3.8) is 0 Å². The number of anilines is 1. The van der Waals surface area contributed by atoms with Gasteiger partial charge < -0.3 is 13.9 Å². The summed E-state index contributed by atoms with van der Waals surface area (Å²) in [6.07, 6.45) is 26.0. The third-order valence-corrected chi connectivity index (χ3v) is 19.4. The van der Waals surface area contributed by atoms with Gasteiger partial charge in [0, 0.05) is 49.5 Å². The smallest absolute Gasteiger partial charge is 0.171 e. The minimum atomic E-state index is -2.55. The van der Waals surface area contributed by atoms with Crippen LogP contribution in [0.3, 0.4) is 0 Å². The molecule has 3 heterocycles. The molecule has 0 radical (unpaired) electrons. The van der Waals surface area contributed by atoms with E-state index < -0.39 is 8.07 Å². The number of fused-ring (bicyclic) bond motifs is 6. The molecule has 0 fully saturated rings. The Bertz CT molecular complexity index is 3520. The maximum Gasteiger partial charge on any atom is 0.171 e. The molecule has 3 aromatic heterocycles. The van der Waals surface area contributed by atoms with E-state index in [9.17, 15) is 0 Å². The Morgan fingerprint density at radius 2 is 1.34 bits per heavy atom. The lowest BCUT2D eigenvalue weighted by atomic mass is 9.94. The van der Waals surface area contributed by atoms with Crippen LogP contribution in [0.1, 0.15) is 36.9 Å². The van der Waals surface area contributed by atoms with Gasteiger partial charge in [-0.25, -0.2) is 0 Å². The molecule has 0 spiro atoms. The Hall–Kier alpha value is -7.40. The summed E-state index contributed by atoms with van der Waals surface area (Å²) >= 11 is 0. The van der Waals surface area contributed by atoms with Crippen LogP contribution >= 0.6 is 0 Å². The first kappa shape index (κ1) is 38.3. The molecule has 4 heteroatoms. The number of benzene rings is 6. The van der Waals surface area contributed by atoms with Gasteiger partial charge in [0.1, 0.15) is 0 Å². The molecule has 0 aliphatic heterocycles. The predicted molar refractivity (Wildman–Crippen MR) is 275 cm³/mol. The standard InChI is InChI=1S/C60H49N3Si/c1-3-19-56-42(2)51-29-18-30-53-55-41-46(35-39-59(55)63(56)60(51)53)61(45-34-38-58-54(40-45)52-28-16-17-31-57(52)62(58)43-20-8-4-9-21-43)44-32-36-50(37-33-44)64(47-22-10-5-11-23-47,48-24-12-6-13-25-48)49-26-14-7-15-27-49/h3-14,16-26,28-32,34-36,38-39,41,45H,1-2,15,27,33,37,40H2. The van der Waals surface area contributed by atoms with Crippen LogP contribution in [0.5, 0.6) is 0 Å². The quantitative estimate of drug-likeness (QED) is 0.132. The third kappa shape index (κ3) is 5.79. The Balaban J connectivity index is 1.06. The highest BCUT2D eigenvalue weighted by molar-refractivity contribution is 7.12. The molecule has 0 N–H and O–H groups in total. The molecule has 0 saturated heterocycles. The van der Waals surface area contributed by atoms with Crippen molar-refractivity contribution in [3.8, 4) is 5.69 Å². The Kier molecular flexibility index (Phi) is 9.24. The number of aromatic nitrogens is 2. The lowest BCUT2D eigenvalue weighted by Gasteiger charge is -2.41. The summed E-state index contributed by atoms with van der Waals surface area (Å²) in [6.45, 7) is 8.59. The summed E-state index contributed by atoms with van der Waals surface area (Å²) in [4.78, 5) is 2.68. The lowest BCUT2D eigenvalue weighted by Crippen LogP contribution is -2.62. The molecule has 12 rings (SSSR count). The molecule has 64 heavy (non-hydrogen) atoms. The number of hydrogen-bond acceptors (Lipinski definition) is 1. The van der Waals surface area contributed by atoms with Gasteiger partial charge in [0.15, 0.2) is 8.07 Å². The fraction of sp³-hybridized carbons (Fsp3) is 0.100. The van der Waals surface area contributed by atoms with Gasteiger partial charge in [-0.05, 0) is 103 Å². The van der Waals surface area contributed by atoms with Gasteiger partial charge in [-0.15, -0.1) is 0 Å². The fourth-order valence-electron chi connectivity index (χ4n) is 11.6. The Labute approximate surface area is 375 Å². The van der Waals surface area contributed by atoms with Crippen LogP contribution in [0.2, 0.25) is 0 Å². The molecule has 0 bridgehead atoms. The van der Waals surface area contributed by atoms with Crippen LogP contribution in [0.25, 0.3) is 62.5 Å². The van der Waals surface area contributed by atoms with E-state index in [1.54, 1.807) is 10.4 Å². The van der Waals surface area contributed by atoms with Gasteiger partial charge >= 0.3 is 0 Å². The zero-order valence-corrected chi connectivity index (χ0v) is 37.0. The average Bonchev–Trinajstić information content (AvgIpc) is 3.97. The summed E-state index contributed by atoms with van der Waals surface area (Å²) in [5.74, 6) is 0. The minimum absolute atomic E-state index is 0.102. The third-order valence-electron chi connectivity index (χ3n) is 14.3. The highest BCUT2D eigenvalue weighted by Gasteiger charge is 2.45. The predicted octanol–water partition coefficient (Wildman–Crippen LogP) is 11.7. The highest BCUT2D eigenvalue weighted by atomic mass is 28.3. The van der Waals surface area contributed by atoms with E-state index in [0.717, 1.165) is 42.7 Å². The van der Waals surface area contributed by atoms with E-state index in [2.05, 4.69) is 227 Å². The summed E-state index contributed by atoms with van der Waals surface area (Å²) < 4.78 is 4.84. The fourth-order valence-corrected chi connectivity index (χ4v) is 16.9. The van der Waals surface area contributed by atoms with Gasteiger partial charge in [0.05, 0.1) is 27.9 Å². The molecule has 3 nitrogen and oxygen atoms in total. The molecule has 9 aromatic rings. The molecule has 308 valence electrons. The van der Waals surface area contributed by atoms with Gasteiger partial charge in [-0.1, -0.05) is 175 Å². The summed E-state index contributed by atoms with van der Waals surface area (Å²) in [5, 5.41) is 13.3. The normalized spacial score (nSPS) is 16.7. The molecular formula is C60H49N3Si. The van der Waals surface area contributed by atoms with Crippen molar-refractivity contribution in [1.29, 1.82) is 0 Å². The lowest BCUT2D eigenvalue weighted by molar-refractivity contribution is 0.707. The monoisotopic (exact) mass is 839 g/mol. The van der Waals surface area contributed by atoms with E-state index in [4.69, 9.17) is 0 Å². The van der Waals surface area contributed by atoms with Gasteiger partial charge in [-0.3, -0.25) is 0 Å². The van der Waals surface area contributed by atoms with Crippen LogP contribution in [-0.2, 0) is 6.42 Å². The number of allylic oxidation sites excluding steroid dienone is 9. The SMILES string of the molecule is C=CC=c1c(=C)c2cccc3c4cc(N(C5=CC=C([Si](C6=CC=CCC6)(c6ccccc6)c6ccccc6)CC5)C5C=Cc6c(c7ccccc7n6-c6ccccc6)C5)ccc4n1c23. The second-order valence-electron chi connectivity index (χ2n) is 17.5. The molecule has 1 atom stereocenters. The average molecular weight is 840 g/mol. The zero-order valence-electron chi connectivity index (χ0n) is 36.0. The van der Waals surface area contributed by atoms with Crippen LogP contribution in [0.15, 0.2) is 217 Å². The van der Waals surface area contributed by atoms with E-state index in [0.29, 0.717) is 0 Å². The van der Waals surface area contributed by atoms with Crippen LogP contribution in [0, 0.1) is 0 Å². The number of para-hydroxylation sites is 3. The molecule has 3 aliphatic rings. The summed E-state index contributed by atoms with van der Waals surface area (Å²) in [6, 6.07) is 56.6. The van der Waals surface area contributed by atoms with Gasteiger partial charge in [0.25, 0.3) is 0 Å². The molecule has 6 aromatic carbocycles. The number of hydrogen-bond donors (Lipinski definition) is 0. The molecule has 1 unspecified atom stereocenters. The second-order valence-corrected chi connectivity index (χ2v) is 21.5. The second kappa shape index (κ2) is 15.4. The van der Waals surface area contributed by atoms with E-state index >= 15 is 0 Å². The zero-order chi connectivity index (χ0) is 42.8. The Morgan fingerprint density at radius 1 is 0.641 bits per heavy atom. The topological polar surface area (TPSA) is 12.6 Å². The largest absolute Gasteiger partial charge is 0.338 e. The maximum absolute atomic E-state index is 4.52. The first-order valence-corrected chi connectivity index (χ1v) is 24.8. The van der Waals surface area contributed by atoms with E-state index in [-0.39, 0.29) is 6.04 Å². The Morgan fingerprint density at radius 3 is 2.06 bits per heavy atom. The number of rotatable bonds is 9. The van der Waals surface area contributed by atoms with Crippen molar-refractivity contribution in [1.82, 2.24) is 8.97 Å². The molecule has 3 aliphatic carbocycles. The highest BCUT2D eigenvalue weighted by Crippen LogP contribution is 2.42. The van der Waals surface area contributed by atoms with Crippen molar-refractivity contribution in [2.45, 2.75) is 38.1 Å². The van der Waals surface area contributed by atoms with Crippen molar-refractivity contribution in [2.75, 3.05) is 4.90 Å². The van der Waals surface area contributed by atoms with Crippen molar-refractivity contribution < 1.29 is 0 Å². The van der Waals surface area contributed by atoms with Crippen molar-refractivity contribution >= 4 is 81.0 Å². The van der Waals surface area contributed by atoms with E-state index in [1.807, 2.05) is 6.08 Å². The maximum atomic E-state index is 4.52. The molecule has 0 saturated carbocycles.